The van der Waals surface area contributed by atoms with Crippen LogP contribution in [0.1, 0.15) is 42.4 Å². The lowest BCUT2D eigenvalue weighted by molar-refractivity contribution is -0.384. The van der Waals surface area contributed by atoms with Gasteiger partial charge in [0.05, 0.1) is 16.6 Å². The van der Waals surface area contributed by atoms with Gasteiger partial charge in [-0.3, -0.25) is 10.1 Å². The van der Waals surface area contributed by atoms with Crippen LogP contribution in [-0.4, -0.2) is 32.8 Å². The first-order valence-electron chi connectivity index (χ1n) is 8.53. The van der Waals surface area contributed by atoms with Crippen molar-refractivity contribution in [1.29, 1.82) is 5.26 Å². The molecule has 2 aliphatic heterocycles. The average Bonchev–Trinajstić information content (AvgIpc) is 3.24. The fourth-order valence-corrected chi connectivity index (χ4v) is 3.89. The fraction of sp³-hybridized carbons (Fsp3) is 0.471. The normalized spacial score (nSPS) is 19.5. The van der Waals surface area contributed by atoms with Gasteiger partial charge in [-0.2, -0.15) is 5.26 Å². The minimum absolute atomic E-state index is 0.00817. The first kappa shape index (κ1) is 15.6. The van der Waals surface area contributed by atoms with Crippen LogP contribution in [0.3, 0.4) is 0 Å². The number of anilines is 1. The Kier molecular flexibility index (Phi) is 3.84. The van der Waals surface area contributed by atoms with Crippen molar-refractivity contribution in [2.75, 3.05) is 18.0 Å². The smallest absolute Gasteiger partial charge is 0.293 e. The van der Waals surface area contributed by atoms with Gasteiger partial charge in [0.2, 0.25) is 0 Å². The quantitative estimate of drug-likeness (QED) is 0.629. The average molecular weight is 338 g/mol. The molecule has 1 unspecified atom stereocenters. The molecule has 3 heterocycles. The zero-order valence-corrected chi connectivity index (χ0v) is 13.8. The van der Waals surface area contributed by atoms with Gasteiger partial charge in [-0.05, 0) is 31.4 Å². The fourth-order valence-electron chi connectivity index (χ4n) is 3.89. The molecule has 1 atom stereocenters. The lowest BCUT2D eigenvalue weighted by atomic mass is 9.96. The van der Waals surface area contributed by atoms with Crippen LogP contribution in [0, 0.1) is 21.4 Å². The molecule has 8 heteroatoms. The molecule has 2 aliphatic rings. The lowest BCUT2D eigenvalue weighted by Gasteiger charge is -2.33. The molecule has 4 rings (SSSR count). The van der Waals surface area contributed by atoms with E-state index in [1.807, 2.05) is 11.0 Å². The topological polar surface area (TPSA) is 101 Å². The van der Waals surface area contributed by atoms with E-state index in [4.69, 9.17) is 5.26 Å². The van der Waals surface area contributed by atoms with Crippen molar-refractivity contribution in [3.63, 3.8) is 0 Å². The van der Waals surface area contributed by atoms with Gasteiger partial charge in [0.1, 0.15) is 17.3 Å². The van der Waals surface area contributed by atoms with Gasteiger partial charge in [0.25, 0.3) is 5.69 Å². The van der Waals surface area contributed by atoms with E-state index in [1.165, 1.54) is 6.07 Å². The Balaban J connectivity index is 1.63. The van der Waals surface area contributed by atoms with Crippen molar-refractivity contribution in [2.45, 2.75) is 38.1 Å². The van der Waals surface area contributed by atoms with Crippen molar-refractivity contribution in [3.8, 4) is 6.07 Å². The Labute approximate surface area is 144 Å². The van der Waals surface area contributed by atoms with E-state index in [1.54, 1.807) is 12.1 Å². The Hall–Kier alpha value is -2.95. The highest BCUT2D eigenvalue weighted by atomic mass is 16.6. The Morgan fingerprint density at radius 3 is 2.96 bits per heavy atom. The first-order valence-corrected chi connectivity index (χ1v) is 8.53. The summed E-state index contributed by atoms with van der Waals surface area (Å²) in [5.74, 6) is 2.29. The third-order valence-electron chi connectivity index (χ3n) is 5.07. The molecule has 0 spiro atoms. The minimum atomic E-state index is -0.408. The van der Waals surface area contributed by atoms with Crippen LogP contribution in [0.4, 0.5) is 11.4 Å². The van der Waals surface area contributed by atoms with Gasteiger partial charge in [-0.1, -0.05) is 0 Å². The number of hydrogen-bond acceptors (Lipinski definition) is 6. The van der Waals surface area contributed by atoms with Crippen LogP contribution in [0.25, 0.3) is 0 Å². The van der Waals surface area contributed by atoms with E-state index in [-0.39, 0.29) is 11.6 Å². The van der Waals surface area contributed by atoms with Gasteiger partial charge in [-0.15, -0.1) is 10.2 Å². The summed E-state index contributed by atoms with van der Waals surface area (Å²) < 4.78 is 2.21. The standard InChI is InChI=1S/C17H18N6O2/c18-10-12-5-6-14(15(9-12)23(24)25)21-7-1-3-13(11-21)17-20-19-16-4-2-8-22(16)17/h5-6,9,13H,1-4,7-8,11H2. The molecule has 0 aliphatic carbocycles. The van der Waals surface area contributed by atoms with Crippen molar-refractivity contribution in [1.82, 2.24) is 14.8 Å². The van der Waals surface area contributed by atoms with E-state index in [0.29, 0.717) is 17.8 Å². The van der Waals surface area contributed by atoms with E-state index in [2.05, 4.69) is 14.8 Å². The van der Waals surface area contributed by atoms with Crippen molar-refractivity contribution in [3.05, 3.63) is 45.5 Å². The molecular weight excluding hydrogens is 320 g/mol. The highest BCUT2D eigenvalue weighted by molar-refractivity contribution is 5.66. The first-order chi connectivity index (χ1) is 12.2. The number of nitro groups is 1. The number of hydrogen-bond donors (Lipinski definition) is 0. The van der Waals surface area contributed by atoms with Crippen LogP contribution in [0.15, 0.2) is 18.2 Å². The van der Waals surface area contributed by atoms with Crippen molar-refractivity contribution >= 4 is 11.4 Å². The van der Waals surface area contributed by atoms with Gasteiger partial charge >= 0.3 is 0 Å². The van der Waals surface area contributed by atoms with E-state index < -0.39 is 4.92 Å². The number of nitriles is 1. The minimum Gasteiger partial charge on any atom is -0.365 e. The number of fused-ring (bicyclic) bond motifs is 1. The van der Waals surface area contributed by atoms with Gasteiger partial charge in [0.15, 0.2) is 0 Å². The Morgan fingerprint density at radius 1 is 1.28 bits per heavy atom. The number of benzene rings is 1. The van der Waals surface area contributed by atoms with E-state index in [0.717, 1.165) is 50.4 Å². The third-order valence-corrected chi connectivity index (χ3v) is 5.07. The SMILES string of the molecule is N#Cc1ccc(N2CCCC(c3nnc4n3CCC4)C2)c([N+](=O)[O-])c1. The Morgan fingerprint density at radius 2 is 2.16 bits per heavy atom. The molecule has 128 valence electrons. The second kappa shape index (κ2) is 6.16. The summed E-state index contributed by atoms with van der Waals surface area (Å²) in [6.07, 6.45) is 4.04. The van der Waals surface area contributed by atoms with Crippen LogP contribution in [-0.2, 0) is 13.0 Å². The number of aryl methyl sites for hydroxylation is 1. The van der Waals surface area contributed by atoms with E-state index in [9.17, 15) is 10.1 Å². The Bertz CT molecular complexity index is 869. The zero-order chi connectivity index (χ0) is 17.4. The second-order valence-corrected chi connectivity index (χ2v) is 6.59. The summed E-state index contributed by atoms with van der Waals surface area (Å²) in [5.41, 5.74) is 0.875. The monoisotopic (exact) mass is 338 g/mol. The van der Waals surface area contributed by atoms with Crippen LogP contribution in [0.2, 0.25) is 0 Å². The molecule has 2 aromatic rings. The largest absolute Gasteiger partial charge is 0.365 e. The third kappa shape index (κ3) is 2.71. The van der Waals surface area contributed by atoms with Crippen LogP contribution < -0.4 is 4.90 Å². The second-order valence-electron chi connectivity index (χ2n) is 6.59. The molecule has 1 saturated heterocycles. The number of nitro benzene ring substituents is 1. The number of piperidine rings is 1. The van der Waals surface area contributed by atoms with Crippen LogP contribution >= 0.6 is 0 Å². The van der Waals surface area contributed by atoms with Gasteiger partial charge in [-0.25, -0.2) is 0 Å². The van der Waals surface area contributed by atoms with Crippen molar-refractivity contribution in [2.24, 2.45) is 0 Å². The van der Waals surface area contributed by atoms with Gasteiger partial charge < -0.3 is 9.47 Å². The molecule has 0 bridgehead atoms. The molecular formula is C17H18N6O2. The molecule has 1 aromatic heterocycles. The lowest BCUT2D eigenvalue weighted by Crippen LogP contribution is -2.35. The van der Waals surface area contributed by atoms with E-state index >= 15 is 0 Å². The number of rotatable bonds is 3. The number of aromatic nitrogens is 3. The molecule has 1 fully saturated rings. The zero-order valence-electron chi connectivity index (χ0n) is 13.8. The molecule has 0 amide bonds. The summed E-state index contributed by atoms with van der Waals surface area (Å²) >= 11 is 0. The number of nitrogens with zero attached hydrogens (tertiary/aromatic N) is 6. The van der Waals surface area contributed by atoms with Crippen LogP contribution in [0.5, 0.6) is 0 Å². The molecule has 25 heavy (non-hydrogen) atoms. The molecule has 0 N–H and O–H groups in total. The van der Waals surface area contributed by atoms with Crippen molar-refractivity contribution < 1.29 is 4.92 Å². The van der Waals surface area contributed by atoms with Gasteiger partial charge in [0, 0.05) is 38.0 Å². The predicted molar refractivity (Wildman–Crippen MR) is 90.3 cm³/mol. The maximum atomic E-state index is 11.4. The molecule has 0 saturated carbocycles. The maximum Gasteiger partial charge on any atom is 0.293 e. The summed E-state index contributed by atoms with van der Waals surface area (Å²) in [4.78, 5) is 13.1. The summed E-state index contributed by atoms with van der Waals surface area (Å²) in [6.45, 7) is 2.42. The molecule has 8 nitrogen and oxygen atoms in total. The molecule has 1 aromatic carbocycles. The predicted octanol–water partition coefficient (Wildman–Crippen LogP) is 2.39. The maximum absolute atomic E-state index is 11.4. The summed E-state index contributed by atoms with van der Waals surface area (Å²) in [7, 11) is 0. The highest BCUT2D eigenvalue weighted by Crippen LogP contribution is 2.35. The summed E-state index contributed by atoms with van der Waals surface area (Å²) in [5, 5.41) is 29.1. The molecule has 0 radical (unpaired) electrons. The summed E-state index contributed by atoms with van der Waals surface area (Å²) in [6, 6.07) is 6.65. The highest BCUT2D eigenvalue weighted by Gasteiger charge is 2.30.